The van der Waals surface area contributed by atoms with Crippen molar-refractivity contribution in [1.29, 1.82) is 0 Å². The van der Waals surface area contributed by atoms with Crippen molar-refractivity contribution in [2.45, 2.75) is 47.1 Å². The number of aliphatic imine (C=N–C) groups is 1. The Morgan fingerprint density at radius 1 is 1.08 bits per heavy atom. The number of para-hydroxylation sites is 1. The highest BCUT2D eigenvalue weighted by Gasteiger charge is 2.41. The number of allylic oxidation sites excluding steroid dienone is 1. The summed E-state index contributed by atoms with van der Waals surface area (Å²) in [6.45, 7) is 11.8. The minimum Gasteiger partial charge on any atom is -0.457 e. The third-order valence-corrected chi connectivity index (χ3v) is 7.37. The van der Waals surface area contributed by atoms with E-state index in [1.807, 2.05) is 90.6 Å². The first-order valence-corrected chi connectivity index (χ1v) is 14.0. The molecule has 0 saturated heterocycles. The highest BCUT2D eigenvalue weighted by Crippen LogP contribution is 2.45. The third kappa shape index (κ3) is 6.13. The molecule has 200 valence electrons. The van der Waals surface area contributed by atoms with Crippen molar-refractivity contribution in [2.75, 3.05) is 19.6 Å². The van der Waals surface area contributed by atoms with Gasteiger partial charge < -0.3 is 19.9 Å². The lowest BCUT2D eigenvalue weighted by Gasteiger charge is -2.38. The Balaban J connectivity index is 1.74. The van der Waals surface area contributed by atoms with Crippen molar-refractivity contribution in [3.63, 3.8) is 0 Å². The molecule has 0 saturated carbocycles. The summed E-state index contributed by atoms with van der Waals surface area (Å²) in [5.41, 5.74) is 3.03. The average molecular weight is 533 g/mol. The van der Waals surface area contributed by atoms with Gasteiger partial charge in [-0.25, -0.2) is 4.99 Å². The van der Waals surface area contributed by atoms with Crippen LogP contribution in [0.4, 0.5) is 0 Å². The lowest BCUT2D eigenvalue weighted by molar-refractivity contribution is -0.127. The number of nitrogens with one attached hydrogen (secondary N) is 1. The zero-order valence-electron chi connectivity index (χ0n) is 22.7. The van der Waals surface area contributed by atoms with Gasteiger partial charge in [0.15, 0.2) is 5.17 Å². The van der Waals surface area contributed by atoms with Crippen LogP contribution < -0.4 is 10.1 Å². The second kappa shape index (κ2) is 12.3. The van der Waals surface area contributed by atoms with Crippen molar-refractivity contribution in [3.8, 4) is 11.5 Å². The molecule has 0 bridgehead atoms. The van der Waals surface area contributed by atoms with E-state index in [9.17, 15) is 9.59 Å². The first-order valence-electron chi connectivity index (χ1n) is 13.2. The van der Waals surface area contributed by atoms with E-state index >= 15 is 0 Å². The summed E-state index contributed by atoms with van der Waals surface area (Å²) in [4.78, 5) is 35.4. The van der Waals surface area contributed by atoms with E-state index in [0.717, 1.165) is 22.2 Å². The van der Waals surface area contributed by atoms with Crippen LogP contribution in [0.15, 0.2) is 82.0 Å². The molecule has 0 radical (unpaired) electrons. The number of ether oxygens (including phenoxy) is 1. The predicted molar refractivity (Wildman–Crippen MR) is 154 cm³/mol. The number of fused-ring (bicyclic) bond motifs is 1. The van der Waals surface area contributed by atoms with Gasteiger partial charge in [-0.3, -0.25) is 9.59 Å². The fraction of sp³-hybridized carbons (Fsp3) is 0.367. The standard InChI is InChI=1S/C30H36N4O3S/c1-6-33(7-2)29(36)27-21(5)32-30-34(23(19-38-30)17-26(35)31-18-20(3)4)28(27)22-12-11-15-25(16-22)37-24-13-9-8-10-14-24/h8-16,19-20,28H,6-7,17-18H2,1-5H3,(H,31,35)/t28-/m0/s1. The van der Waals surface area contributed by atoms with Crippen molar-refractivity contribution in [3.05, 3.63) is 82.5 Å². The van der Waals surface area contributed by atoms with Gasteiger partial charge in [-0.05, 0) is 61.9 Å². The Hall–Kier alpha value is -3.52. The molecule has 2 aromatic rings. The molecular formula is C30H36N4O3S. The van der Waals surface area contributed by atoms with Crippen LogP contribution in [0.1, 0.15) is 52.6 Å². The molecule has 4 rings (SSSR count). The number of benzene rings is 2. The number of carbonyl (C=O) groups is 2. The van der Waals surface area contributed by atoms with Crippen LogP contribution in [0.2, 0.25) is 0 Å². The fourth-order valence-corrected chi connectivity index (χ4v) is 5.52. The zero-order valence-corrected chi connectivity index (χ0v) is 23.5. The van der Waals surface area contributed by atoms with Gasteiger partial charge in [0.25, 0.3) is 5.91 Å². The number of rotatable bonds is 10. The molecule has 2 aliphatic rings. The Kier molecular flexibility index (Phi) is 8.94. The second-order valence-electron chi connectivity index (χ2n) is 9.73. The Morgan fingerprint density at radius 2 is 1.79 bits per heavy atom. The van der Waals surface area contributed by atoms with Gasteiger partial charge in [0, 0.05) is 25.3 Å². The molecule has 2 heterocycles. The van der Waals surface area contributed by atoms with Crippen LogP contribution in [0.3, 0.4) is 0 Å². The minimum atomic E-state index is -0.436. The van der Waals surface area contributed by atoms with Gasteiger partial charge in [0.1, 0.15) is 11.5 Å². The van der Waals surface area contributed by atoms with Crippen LogP contribution in [0.5, 0.6) is 11.5 Å². The molecule has 0 spiro atoms. The maximum absolute atomic E-state index is 13.9. The zero-order chi connectivity index (χ0) is 27.2. The topological polar surface area (TPSA) is 74.2 Å². The number of thioether (sulfide) groups is 1. The molecule has 0 aromatic heterocycles. The van der Waals surface area contributed by atoms with Crippen LogP contribution in [-0.4, -0.2) is 46.4 Å². The molecular weight excluding hydrogens is 496 g/mol. The second-order valence-corrected chi connectivity index (χ2v) is 10.6. The smallest absolute Gasteiger partial charge is 0.254 e. The molecule has 1 N–H and O–H groups in total. The molecule has 1 atom stereocenters. The SMILES string of the molecule is CCN(CC)C(=O)C1=C(C)N=C2SC=C(CC(=O)NCC(C)C)N2[C@H]1c1cccc(Oc2ccccc2)c1. The van der Waals surface area contributed by atoms with Gasteiger partial charge in [-0.1, -0.05) is 55.9 Å². The van der Waals surface area contributed by atoms with E-state index in [-0.39, 0.29) is 18.2 Å². The Labute approximate surface area is 229 Å². The summed E-state index contributed by atoms with van der Waals surface area (Å²) < 4.78 is 6.14. The van der Waals surface area contributed by atoms with Crippen LogP contribution >= 0.6 is 11.8 Å². The number of hydrogen-bond acceptors (Lipinski definition) is 6. The van der Waals surface area contributed by atoms with Gasteiger partial charge in [-0.15, -0.1) is 0 Å². The van der Waals surface area contributed by atoms with E-state index in [1.165, 1.54) is 11.8 Å². The summed E-state index contributed by atoms with van der Waals surface area (Å²) in [6.07, 6.45) is 0.210. The number of amides is 2. The summed E-state index contributed by atoms with van der Waals surface area (Å²) in [7, 11) is 0. The minimum absolute atomic E-state index is 0.0461. The average Bonchev–Trinajstić information content (AvgIpc) is 3.29. The van der Waals surface area contributed by atoms with Crippen molar-refractivity contribution >= 4 is 28.7 Å². The largest absolute Gasteiger partial charge is 0.457 e. The maximum Gasteiger partial charge on any atom is 0.254 e. The monoisotopic (exact) mass is 532 g/mol. The van der Waals surface area contributed by atoms with Crippen molar-refractivity contribution in [1.82, 2.24) is 15.1 Å². The quantitative estimate of drug-likeness (QED) is 0.401. The van der Waals surface area contributed by atoms with E-state index in [2.05, 4.69) is 19.2 Å². The summed E-state index contributed by atoms with van der Waals surface area (Å²) in [6, 6.07) is 17.0. The van der Waals surface area contributed by atoms with E-state index in [0.29, 0.717) is 42.6 Å². The van der Waals surface area contributed by atoms with Gasteiger partial charge in [-0.2, -0.15) is 0 Å². The van der Waals surface area contributed by atoms with E-state index in [4.69, 9.17) is 9.73 Å². The lowest BCUT2D eigenvalue weighted by Crippen LogP contribution is -2.42. The number of likely N-dealkylation sites (N-methyl/N-ethyl adjacent to an activating group) is 1. The summed E-state index contributed by atoms with van der Waals surface area (Å²) in [5, 5.41) is 5.76. The number of amidine groups is 1. The van der Waals surface area contributed by atoms with Gasteiger partial charge in [0.2, 0.25) is 5.91 Å². The van der Waals surface area contributed by atoms with Gasteiger partial charge in [0.05, 0.1) is 23.7 Å². The predicted octanol–water partition coefficient (Wildman–Crippen LogP) is 6.08. The summed E-state index contributed by atoms with van der Waals surface area (Å²) in [5.74, 6) is 1.68. The number of carbonyl (C=O) groups excluding carboxylic acids is 2. The lowest BCUT2D eigenvalue weighted by atomic mass is 9.92. The normalized spacial score (nSPS) is 16.7. The molecule has 0 fully saturated rings. The van der Waals surface area contributed by atoms with Crippen molar-refractivity contribution < 1.29 is 14.3 Å². The third-order valence-electron chi connectivity index (χ3n) is 6.48. The molecule has 0 aliphatic carbocycles. The first kappa shape index (κ1) is 27.5. The molecule has 0 unspecified atom stereocenters. The van der Waals surface area contributed by atoms with E-state index in [1.54, 1.807) is 0 Å². The molecule has 2 aliphatic heterocycles. The highest BCUT2D eigenvalue weighted by atomic mass is 32.2. The van der Waals surface area contributed by atoms with Crippen molar-refractivity contribution in [2.24, 2.45) is 10.9 Å². The van der Waals surface area contributed by atoms with Gasteiger partial charge >= 0.3 is 0 Å². The molecule has 38 heavy (non-hydrogen) atoms. The highest BCUT2D eigenvalue weighted by molar-refractivity contribution is 8.16. The molecule has 8 heteroatoms. The van der Waals surface area contributed by atoms with Crippen LogP contribution in [0, 0.1) is 5.92 Å². The first-order chi connectivity index (χ1) is 18.3. The molecule has 7 nitrogen and oxygen atoms in total. The fourth-order valence-electron chi connectivity index (χ4n) is 4.56. The number of hydrogen-bond donors (Lipinski definition) is 1. The van der Waals surface area contributed by atoms with E-state index < -0.39 is 6.04 Å². The Bertz CT molecular complexity index is 1270. The number of nitrogens with zero attached hydrogens (tertiary/aromatic N) is 3. The summed E-state index contributed by atoms with van der Waals surface area (Å²) >= 11 is 1.49. The van der Waals surface area contributed by atoms with Crippen LogP contribution in [-0.2, 0) is 9.59 Å². The Morgan fingerprint density at radius 3 is 2.47 bits per heavy atom. The van der Waals surface area contributed by atoms with Crippen LogP contribution in [0.25, 0.3) is 0 Å². The molecule has 2 amide bonds. The molecule has 2 aromatic carbocycles. The maximum atomic E-state index is 13.9.